The fourth-order valence-electron chi connectivity index (χ4n) is 3.94. The summed E-state index contributed by atoms with van der Waals surface area (Å²) in [6.07, 6.45) is 2.96. The summed E-state index contributed by atoms with van der Waals surface area (Å²) >= 11 is 0. The number of rotatable bonds is 7. The first-order valence-corrected chi connectivity index (χ1v) is 10.7. The molecule has 166 valence electrons. The van der Waals surface area contributed by atoms with E-state index in [-0.39, 0.29) is 11.9 Å². The predicted octanol–water partition coefficient (Wildman–Crippen LogP) is 3.23. The van der Waals surface area contributed by atoms with Gasteiger partial charge < -0.3 is 25.2 Å². The van der Waals surface area contributed by atoms with E-state index in [1.807, 2.05) is 11.0 Å². The molecule has 0 spiro atoms. The summed E-state index contributed by atoms with van der Waals surface area (Å²) in [7, 11) is 5.24. The zero-order valence-electron chi connectivity index (χ0n) is 18.6. The van der Waals surface area contributed by atoms with Gasteiger partial charge >= 0.3 is 6.03 Å². The largest absolute Gasteiger partial charge is 0.495 e. The van der Waals surface area contributed by atoms with Crippen molar-refractivity contribution >= 4 is 17.6 Å². The molecule has 2 aromatic carbocycles. The molecule has 0 unspecified atom stereocenters. The van der Waals surface area contributed by atoms with Gasteiger partial charge in [0.25, 0.3) is 5.91 Å². The molecular formula is C24H32N4O3. The maximum atomic E-state index is 13.0. The molecule has 7 nitrogen and oxygen atoms in total. The summed E-state index contributed by atoms with van der Waals surface area (Å²) < 4.78 is 5.36. The Balaban J connectivity index is 1.54. The molecular weight excluding hydrogens is 392 g/mol. The van der Waals surface area contributed by atoms with Crippen LogP contribution in [0, 0.1) is 0 Å². The van der Waals surface area contributed by atoms with Crippen molar-refractivity contribution in [1.82, 2.24) is 15.1 Å². The second kappa shape index (κ2) is 10.8. The van der Waals surface area contributed by atoms with Gasteiger partial charge in [-0.2, -0.15) is 0 Å². The van der Waals surface area contributed by atoms with E-state index in [9.17, 15) is 9.59 Å². The Morgan fingerprint density at radius 2 is 1.84 bits per heavy atom. The van der Waals surface area contributed by atoms with Crippen LogP contribution in [0.4, 0.5) is 10.5 Å². The number of benzene rings is 2. The molecule has 1 saturated heterocycles. The first-order valence-electron chi connectivity index (χ1n) is 10.7. The fraction of sp³-hybridized carbons (Fsp3) is 0.417. The lowest BCUT2D eigenvalue weighted by molar-refractivity contribution is 0.0646. The minimum atomic E-state index is -0.337. The number of nitrogens with zero attached hydrogens (tertiary/aromatic N) is 2. The molecule has 0 saturated carbocycles. The quantitative estimate of drug-likeness (QED) is 0.716. The summed E-state index contributed by atoms with van der Waals surface area (Å²) in [5.41, 5.74) is 2.44. The van der Waals surface area contributed by atoms with Crippen molar-refractivity contribution in [2.75, 3.05) is 46.2 Å². The van der Waals surface area contributed by atoms with Gasteiger partial charge in [-0.1, -0.05) is 30.3 Å². The highest BCUT2D eigenvalue weighted by Gasteiger charge is 2.26. The van der Waals surface area contributed by atoms with Gasteiger partial charge in [-0.25, -0.2) is 4.79 Å². The van der Waals surface area contributed by atoms with Crippen molar-refractivity contribution < 1.29 is 14.3 Å². The Kier molecular flexibility index (Phi) is 7.89. The number of piperidine rings is 1. The number of likely N-dealkylation sites (tertiary alicyclic amines) is 1. The van der Waals surface area contributed by atoms with E-state index in [0.717, 1.165) is 38.9 Å². The topological polar surface area (TPSA) is 73.9 Å². The maximum absolute atomic E-state index is 13.0. The first kappa shape index (κ1) is 22.6. The van der Waals surface area contributed by atoms with Gasteiger partial charge in [0.05, 0.1) is 12.8 Å². The number of hydrogen-bond acceptors (Lipinski definition) is 4. The lowest BCUT2D eigenvalue weighted by atomic mass is 10.0. The number of ether oxygens (including phenoxy) is 1. The molecule has 0 radical (unpaired) electrons. The van der Waals surface area contributed by atoms with Crippen molar-refractivity contribution in [1.29, 1.82) is 0 Å². The Labute approximate surface area is 184 Å². The Bertz CT molecular complexity index is 880. The van der Waals surface area contributed by atoms with Crippen LogP contribution in [0.25, 0.3) is 0 Å². The van der Waals surface area contributed by atoms with Crippen LogP contribution in [0.5, 0.6) is 5.75 Å². The maximum Gasteiger partial charge on any atom is 0.319 e. The number of likely N-dealkylation sites (N-methyl/N-ethyl adjacent to an activating group) is 1. The summed E-state index contributed by atoms with van der Waals surface area (Å²) in [5.74, 6) is 0.458. The third-order valence-corrected chi connectivity index (χ3v) is 5.89. The predicted molar refractivity (Wildman–Crippen MR) is 123 cm³/mol. The first-order chi connectivity index (χ1) is 15.0. The number of amides is 3. The van der Waals surface area contributed by atoms with Gasteiger partial charge in [0.1, 0.15) is 5.75 Å². The van der Waals surface area contributed by atoms with Crippen LogP contribution >= 0.6 is 0 Å². The van der Waals surface area contributed by atoms with Crippen LogP contribution in [0.2, 0.25) is 0 Å². The van der Waals surface area contributed by atoms with Crippen LogP contribution in [-0.2, 0) is 6.42 Å². The Morgan fingerprint density at radius 3 is 2.48 bits per heavy atom. The highest BCUT2D eigenvalue weighted by molar-refractivity contribution is 5.97. The Morgan fingerprint density at radius 1 is 1.13 bits per heavy atom. The van der Waals surface area contributed by atoms with Gasteiger partial charge in [0.2, 0.25) is 0 Å². The summed E-state index contributed by atoms with van der Waals surface area (Å²) in [4.78, 5) is 28.9. The molecule has 3 rings (SSSR count). The molecule has 3 amide bonds. The van der Waals surface area contributed by atoms with Crippen LogP contribution in [0.3, 0.4) is 0 Å². The molecule has 0 bridgehead atoms. The third-order valence-electron chi connectivity index (χ3n) is 5.89. The highest BCUT2D eigenvalue weighted by atomic mass is 16.5. The molecule has 0 aromatic heterocycles. The van der Waals surface area contributed by atoms with Crippen LogP contribution in [0.15, 0.2) is 48.5 Å². The summed E-state index contributed by atoms with van der Waals surface area (Å²) in [5, 5.41) is 5.19. The molecule has 7 heteroatoms. The number of hydrogen-bond donors (Lipinski definition) is 2. The standard InChI is InChI=1S/C24H32N4O3/c1-25-24(30)26-21-10-9-19(17-22(21)31-3)23(29)28-15-12-20(13-16-28)27(2)14-11-18-7-5-4-6-8-18/h4-10,17,20H,11-16H2,1-3H3,(H2,25,26,30). The summed E-state index contributed by atoms with van der Waals surface area (Å²) in [6.45, 7) is 2.49. The van der Waals surface area contributed by atoms with E-state index in [1.165, 1.54) is 12.7 Å². The van der Waals surface area contributed by atoms with E-state index in [1.54, 1.807) is 25.2 Å². The minimum Gasteiger partial charge on any atom is -0.495 e. The molecule has 2 N–H and O–H groups in total. The molecule has 1 aliphatic heterocycles. The Hall–Kier alpha value is -3.06. The van der Waals surface area contributed by atoms with Crippen molar-refractivity contribution in [3.8, 4) is 5.75 Å². The summed E-state index contributed by atoms with van der Waals surface area (Å²) in [6, 6.07) is 15.8. The lowest BCUT2D eigenvalue weighted by Crippen LogP contribution is -2.46. The zero-order valence-corrected chi connectivity index (χ0v) is 18.6. The zero-order chi connectivity index (χ0) is 22.2. The molecule has 1 heterocycles. The SMILES string of the molecule is CNC(=O)Nc1ccc(C(=O)N2CCC(N(C)CCc3ccccc3)CC2)cc1OC. The van der Waals surface area contributed by atoms with Gasteiger partial charge in [0.15, 0.2) is 0 Å². The van der Waals surface area contributed by atoms with Crippen molar-refractivity contribution in [3.63, 3.8) is 0 Å². The lowest BCUT2D eigenvalue weighted by Gasteiger charge is -2.37. The molecule has 0 aliphatic carbocycles. The van der Waals surface area contributed by atoms with Crippen LogP contribution < -0.4 is 15.4 Å². The normalized spacial score (nSPS) is 14.4. The fourth-order valence-corrected chi connectivity index (χ4v) is 3.94. The van der Waals surface area contributed by atoms with Gasteiger partial charge in [-0.3, -0.25) is 4.79 Å². The molecule has 31 heavy (non-hydrogen) atoms. The van der Waals surface area contributed by atoms with Gasteiger partial charge in [-0.15, -0.1) is 0 Å². The number of anilines is 1. The van der Waals surface area contributed by atoms with E-state index in [0.29, 0.717) is 23.0 Å². The van der Waals surface area contributed by atoms with Crippen LogP contribution in [-0.4, -0.2) is 68.6 Å². The highest BCUT2D eigenvalue weighted by Crippen LogP contribution is 2.27. The average molecular weight is 425 g/mol. The second-order valence-corrected chi connectivity index (χ2v) is 7.86. The number of methoxy groups -OCH3 is 1. The van der Waals surface area contributed by atoms with E-state index < -0.39 is 0 Å². The molecule has 0 atom stereocenters. The van der Waals surface area contributed by atoms with E-state index in [4.69, 9.17) is 4.74 Å². The number of carbonyl (C=O) groups is 2. The smallest absolute Gasteiger partial charge is 0.319 e. The van der Waals surface area contributed by atoms with Crippen molar-refractivity contribution in [2.24, 2.45) is 0 Å². The van der Waals surface area contributed by atoms with E-state index >= 15 is 0 Å². The van der Waals surface area contributed by atoms with Gasteiger partial charge in [-0.05, 0) is 50.1 Å². The molecule has 1 aliphatic rings. The monoisotopic (exact) mass is 424 g/mol. The number of nitrogens with one attached hydrogen (secondary N) is 2. The van der Waals surface area contributed by atoms with Gasteiger partial charge in [0, 0.05) is 38.3 Å². The van der Waals surface area contributed by atoms with E-state index in [2.05, 4.69) is 46.8 Å². The van der Waals surface area contributed by atoms with Crippen molar-refractivity contribution in [2.45, 2.75) is 25.3 Å². The second-order valence-electron chi connectivity index (χ2n) is 7.86. The molecule has 2 aromatic rings. The number of carbonyl (C=O) groups excluding carboxylic acids is 2. The number of urea groups is 1. The average Bonchev–Trinajstić information content (AvgIpc) is 2.83. The third kappa shape index (κ3) is 5.98. The minimum absolute atomic E-state index is 0.00446. The molecule has 1 fully saturated rings. The van der Waals surface area contributed by atoms with Crippen LogP contribution in [0.1, 0.15) is 28.8 Å². The van der Waals surface area contributed by atoms with Crippen molar-refractivity contribution in [3.05, 3.63) is 59.7 Å².